The van der Waals surface area contributed by atoms with Gasteiger partial charge in [-0.15, -0.1) is 5.10 Å². The van der Waals surface area contributed by atoms with Gasteiger partial charge in [0.25, 0.3) is 0 Å². The molecule has 2 aromatic carbocycles. The van der Waals surface area contributed by atoms with Crippen LogP contribution in [-0.2, 0) is 14.9 Å². The Bertz CT molecular complexity index is 931. The Balaban J connectivity index is 2.05. The van der Waals surface area contributed by atoms with Crippen LogP contribution < -0.4 is 4.74 Å². The fourth-order valence-electron chi connectivity index (χ4n) is 3.08. The smallest absolute Gasteiger partial charge is 0.306 e. The molecule has 0 radical (unpaired) electrons. The van der Waals surface area contributed by atoms with Crippen molar-refractivity contribution in [1.29, 1.82) is 0 Å². The van der Waals surface area contributed by atoms with Crippen LogP contribution in [0.5, 0.6) is 5.75 Å². The Morgan fingerprint density at radius 3 is 2.69 bits per heavy atom. The number of rotatable bonds is 6. The molecule has 0 saturated heterocycles. The average Bonchev–Trinajstić information content (AvgIpc) is 3.05. The van der Waals surface area contributed by atoms with Crippen LogP contribution in [0.2, 0.25) is 0 Å². The van der Waals surface area contributed by atoms with E-state index in [4.69, 9.17) is 9.47 Å². The summed E-state index contributed by atoms with van der Waals surface area (Å²) in [6, 6.07) is 13.6. The number of aromatic nitrogens is 3. The molecule has 0 aliphatic carbocycles. The summed E-state index contributed by atoms with van der Waals surface area (Å²) < 4.78 is 12.5. The molecule has 0 fully saturated rings. The summed E-state index contributed by atoms with van der Waals surface area (Å²) in [7, 11) is 1.63. The lowest BCUT2D eigenvalue weighted by molar-refractivity contribution is -0.144. The molecule has 3 rings (SSSR count). The van der Waals surface area contributed by atoms with Crippen molar-refractivity contribution in [2.75, 3.05) is 13.7 Å². The van der Waals surface area contributed by atoms with E-state index in [1.807, 2.05) is 63.2 Å². The van der Waals surface area contributed by atoms with E-state index in [0.717, 1.165) is 28.0 Å². The normalized spacial score (nSPS) is 11.5. The van der Waals surface area contributed by atoms with E-state index in [2.05, 4.69) is 10.3 Å². The number of hydrogen-bond acceptors (Lipinski definition) is 5. The van der Waals surface area contributed by atoms with Gasteiger partial charge in [-0.2, -0.15) is 0 Å². The lowest BCUT2D eigenvalue weighted by Gasteiger charge is -2.26. The molecular formula is C20H23N3O3. The van der Waals surface area contributed by atoms with Crippen molar-refractivity contribution in [1.82, 2.24) is 15.0 Å². The zero-order valence-corrected chi connectivity index (χ0v) is 15.5. The third-order valence-corrected chi connectivity index (χ3v) is 4.40. The molecule has 0 bridgehead atoms. The van der Waals surface area contributed by atoms with Gasteiger partial charge in [0, 0.05) is 11.0 Å². The molecule has 1 aromatic heterocycles. The van der Waals surface area contributed by atoms with Gasteiger partial charge in [0.15, 0.2) is 0 Å². The molecule has 0 aliphatic heterocycles. The van der Waals surface area contributed by atoms with Crippen LogP contribution in [0.1, 0.15) is 32.8 Å². The number of methoxy groups -OCH3 is 1. The SMILES string of the molecule is CCOC(=O)CC(C)(C)c1cc(-n2nnc3ccccc32)ccc1OC. The highest BCUT2D eigenvalue weighted by Crippen LogP contribution is 2.36. The molecule has 0 amide bonds. The second-order valence-corrected chi connectivity index (χ2v) is 6.74. The van der Waals surface area contributed by atoms with Crippen LogP contribution in [0.25, 0.3) is 16.7 Å². The minimum Gasteiger partial charge on any atom is -0.496 e. The monoisotopic (exact) mass is 353 g/mol. The number of ether oxygens (including phenoxy) is 2. The van der Waals surface area contributed by atoms with Gasteiger partial charge in [-0.25, -0.2) is 4.68 Å². The molecule has 1 heterocycles. The summed E-state index contributed by atoms with van der Waals surface area (Å²) in [6.07, 6.45) is 0.263. The van der Waals surface area contributed by atoms with Crippen LogP contribution in [0.4, 0.5) is 0 Å². The molecule has 0 atom stereocenters. The third kappa shape index (κ3) is 3.40. The number of nitrogens with zero attached hydrogens (tertiary/aromatic N) is 3. The maximum atomic E-state index is 12.0. The molecule has 6 nitrogen and oxygen atoms in total. The van der Waals surface area contributed by atoms with E-state index in [1.54, 1.807) is 11.8 Å². The minimum atomic E-state index is -0.454. The summed E-state index contributed by atoms with van der Waals surface area (Å²) in [4.78, 5) is 12.0. The van der Waals surface area contributed by atoms with Crippen LogP contribution in [-0.4, -0.2) is 34.7 Å². The van der Waals surface area contributed by atoms with E-state index >= 15 is 0 Å². The third-order valence-electron chi connectivity index (χ3n) is 4.40. The highest BCUT2D eigenvalue weighted by molar-refractivity contribution is 5.76. The van der Waals surface area contributed by atoms with Gasteiger partial charge >= 0.3 is 5.97 Å². The Kier molecular flexibility index (Phi) is 4.93. The Morgan fingerprint density at radius 1 is 1.19 bits per heavy atom. The van der Waals surface area contributed by atoms with E-state index in [-0.39, 0.29) is 12.4 Å². The molecule has 26 heavy (non-hydrogen) atoms. The molecule has 136 valence electrons. The number of carbonyl (C=O) groups is 1. The van der Waals surface area contributed by atoms with Gasteiger partial charge in [0.05, 0.1) is 31.3 Å². The van der Waals surface area contributed by atoms with E-state index in [1.165, 1.54) is 0 Å². The summed E-state index contributed by atoms with van der Waals surface area (Å²) >= 11 is 0. The Morgan fingerprint density at radius 2 is 1.96 bits per heavy atom. The van der Waals surface area contributed by atoms with E-state index in [0.29, 0.717) is 6.61 Å². The molecule has 0 saturated carbocycles. The number of esters is 1. The Labute approximate surface area is 152 Å². The molecular weight excluding hydrogens is 330 g/mol. The predicted octanol–water partition coefficient (Wildman–Crippen LogP) is 3.66. The van der Waals surface area contributed by atoms with Crippen LogP contribution in [0.15, 0.2) is 42.5 Å². The zero-order chi connectivity index (χ0) is 18.7. The molecule has 0 spiro atoms. The standard InChI is InChI=1S/C20H23N3O3/c1-5-26-19(24)13-20(2,3)15-12-14(10-11-18(15)25-4)23-17-9-7-6-8-16(17)21-22-23/h6-12H,5,13H2,1-4H3. The number of benzene rings is 2. The second-order valence-electron chi connectivity index (χ2n) is 6.74. The maximum absolute atomic E-state index is 12.0. The van der Waals surface area contributed by atoms with Gasteiger partial charge < -0.3 is 9.47 Å². The lowest BCUT2D eigenvalue weighted by Crippen LogP contribution is -2.24. The summed E-state index contributed by atoms with van der Waals surface area (Å²) in [5.41, 5.74) is 3.09. The zero-order valence-electron chi connectivity index (χ0n) is 15.5. The molecule has 0 N–H and O–H groups in total. The van der Waals surface area contributed by atoms with Gasteiger partial charge in [-0.05, 0) is 37.3 Å². The van der Waals surface area contributed by atoms with Gasteiger partial charge in [-0.3, -0.25) is 4.79 Å². The molecule has 6 heteroatoms. The minimum absolute atomic E-state index is 0.226. The Hall–Kier alpha value is -2.89. The molecule has 0 aliphatic rings. The first-order valence-electron chi connectivity index (χ1n) is 8.61. The van der Waals surface area contributed by atoms with Crippen molar-refractivity contribution >= 4 is 17.0 Å². The summed E-state index contributed by atoms with van der Waals surface area (Å²) in [5, 5.41) is 8.48. The number of fused-ring (bicyclic) bond motifs is 1. The molecule has 0 unspecified atom stereocenters. The van der Waals surface area contributed by atoms with Crippen molar-refractivity contribution in [3.8, 4) is 11.4 Å². The topological polar surface area (TPSA) is 66.2 Å². The highest BCUT2D eigenvalue weighted by Gasteiger charge is 2.29. The van der Waals surface area contributed by atoms with E-state index in [9.17, 15) is 4.79 Å². The predicted molar refractivity (Wildman–Crippen MR) is 99.7 cm³/mol. The van der Waals surface area contributed by atoms with E-state index < -0.39 is 5.41 Å². The highest BCUT2D eigenvalue weighted by atomic mass is 16.5. The quantitative estimate of drug-likeness (QED) is 0.633. The number of carbonyl (C=O) groups excluding carboxylic acids is 1. The van der Waals surface area contributed by atoms with Crippen LogP contribution in [0, 0.1) is 0 Å². The van der Waals surface area contributed by atoms with Crippen molar-refractivity contribution in [2.24, 2.45) is 0 Å². The average molecular weight is 353 g/mol. The van der Waals surface area contributed by atoms with Crippen molar-refractivity contribution < 1.29 is 14.3 Å². The fourth-order valence-corrected chi connectivity index (χ4v) is 3.08. The van der Waals surface area contributed by atoms with Crippen molar-refractivity contribution in [2.45, 2.75) is 32.6 Å². The largest absolute Gasteiger partial charge is 0.496 e. The van der Waals surface area contributed by atoms with Gasteiger partial charge in [0.1, 0.15) is 11.3 Å². The first-order valence-corrected chi connectivity index (χ1v) is 8.61. The lowest BCUT2D eigenvalue weighted by atomic mass is 9.80. The fraction of sp³-hybridized carbons (Fsp3) is 0.350. The van der Waals surface area contributed by atoms with Gasteiger partial charge in [-0.1, -0.05) is 31.2 Å². The first-order chi connectivity index (χ1) is 12.5. The summed E-state index contributed by atoms with van der Waals surface area (Å²) in [6.45, 7) is 6.19. The van der Waals surface area contributed by atoms with Crippen LogP contribution in [0.3, 0.4) is 0 Å². The molecule has 3 aromatic rings. The van der Waals surface area contributed by atoms with Crippen molar-refractivity contribution in [3.05, 3.63) is 48.0 Å². The number of hydrogen-bond donors (Lipinski definition) is 0. The van der Waals surface area contributed by atoms with Gasteiger partial charge in [0.2, 0.25) is 0 Å². The first kappa shape index (κ1) is 17.9. The van der Waals surface area contributed by atoms with Crippen LogP contribution >= 0.6 is 0 Å². The number of para-hydroxylation sites is 1. The van der Waals surface area contributed by atoms with Crippen molar-refractivity contribution in [3.63, 3.8) is 0 Å². The maximum Gasteiger partial charge on any atom is 0.306 e. The summed E-state index contributed by atoms with van der Waals surface area (Å²) in [5.74, 6) is 0.503. The second kappa shape index (κ2) is 7.15.